The highest BCUT2D eigenvalue weighted by atomic mass is 35.5. The van der Waals surface area contributed by atoms with Crippen molar-refractivity contribution in [2.24, 2.45) is 0 Å². The summed E-state index contributed by atoms with van der Waals surface area (Å²) in [5.74, 6) is 0.287. The summed E-state index contributed by atoms with van der Waals surface area (Å²) in [6.45, 7) is 2.11. The van der Waals surface area contributed by atoms with Crippen molar-refractivity contribution in [3.63, 3.8) is 0 Å². The van der Waals surface area contributed by atoms with Crippen molar-refractivity contribution in [2.45, 2.75) is 18.8 Å². The molecule has 0 bridgehead atoms. The molecule has 0 spiro atoms. The van der Waals surface area contributed by atoms with Crippen LogP contribution in [0, 0.1) is 0 Å². The third-order valence-electron chi connectivity index (χ3n) is 3.96. The third-order valence-corrected chi connectivity index (χ3v) is 4.35. The molecule has 1 unspecified atom stereocenters. The lowest BCUT2D eigenvalue weighted by Gasteiger charge is -2.23. The lowest BCUT2D eigenvalue weighted by atomic mass is 9.91. The molecule has 1 amide bonds. The van der Waals surface area contributed by atoms with Crippen molar-refractivity contribution >= 4 is 34.8 Å². The van der Waals surface area contributed by atoms with Gasteiger partial charge in [-0.2, -0.15) is 0 Å². The fraction of sp³-hybridized carbons (Fsp3) is 0.294. The number of hydrogen-bond donors (Lipinski definition) is 2. The third kappa shape index (κ3) is 4.22. The average molecular weight is 350 g/mol. The van der Waals surface area contributed by atoms with Crippen molar-refractivity contribution in [1.82, 2.24) is 10.3 Å². The van der Waals surface area contributed by atoms with E-state index in [1.54, 1.807) is 0 Å². The van der Waals surface area contributed by atoms with Crippen molar-refractivity contribution in [3.8, 4) is 0 Å². The fourth-order valence-electron chi connectivity index (χ4n) is 2.77. The van der Waals surface area contributed by atoms with Gasteiger partial charge in [0.15, 0.2) is 0 Å². The van der Waals surface area contributed by atoms with E-state index in [1.807, 2.05) is 12.1 Å². The Bertz CT molecular complexity index is 677. The number of nitrogens with zero attached hydrogens (tertiary/aromatic N) is 1. The summed E-state index contributed by atoms with van der Waals surface area (Å²) in [6.07, 6.45) is 2.40. The molecule has 2 N–H and O–H groups in total. The molecule has 1 aromatic carbocycles. The number of carbonyl (C=O) groups is 1. The van der Waals surface area contributed by atoms with E-state index < -0.39 is 0 Å². The molecule has 1 fully saturated rings. The smallest absolute Gasteiger partial charge is 0.255 e. The Morgan fingerprint density at radius 2 is 1.87 bits per heavy atom. The molecule has 2 aromatic rings. The summed E-state index contributed by atoms with van der Waals surface area (Å²) >= 11 is 11.6. The summed E-state index contributed by atoms with van der Waals surface area (Å²) in [5.41, 5.74) is 2.42. The van der Waals surface area contributed by atoms with Gasteiger partial charge in [0.05, 0.1) is 0 Å². The summed E-state index contributed by atoms with van der Waals surface area (Å²) in [6, 6.07) is 11.0. The molecule has 2 heterocycles. The first-order chi connectivity index (χ1) is 11.1. The molecule has 6 heteroatoms. The predicted molar refractivity (Wildman–Crippen MR) is 93.5 cm³/mol. The van der Waals surface area contributed by atoms with Crippen LogP contribution in [0.1, 0.15) is 34.7 Å². The first-order valence-electron chi connectivity index (χ1n) is 7.57. The molecule has 1 aromatic heterocycles. The number of amides is 1. The number of piperidine rings is 1. The van der Waals surface area contributed by atoms with Crippen LogP contribution in [-0.4, -0.2) is 24.0 Å². The highest BCUT2D eigenvalue weighted by Crippen LogP contribution is 2.24. The maximum atomic E-state index is 12.2. The van der Waals surface area contributed by atoms with Crippen LogP contribution in [0.5, 0.6) is 0 Å². The summed E-state index contributed by atoms with van der Waals surface area (Å²) in [4.78, 5) is 16.1. The van der Waals surface area contributed by atoms with E-state index in [1.165, 1.54) is 30.5 Å². The van der Waals surface area contributed by atoms with Gasteiger partial charge in [-0.3, -0.25) is 4.79 Å². The van der Waals surface area contributed by atoms with E-state index in [0.29, 0.717) is 11.5 Å². The molecule has 1 saturated heterocycles. The number of hydrogen-bond acceptors (Lipinski definition) is 3. The topological polar surface area (TPSA) is 54.0 Å². The SMILES string of the molecule is O=C(Nc1ccc(C2CCCNC2)cc1)c1cc(Cl)nc(Cl)c1. The van der Waals surface area contributed by atoms with Crippen LogP contribution in [0.3, 0.4) is 0 Å². The summed E-state index contributed by atoms with van der Waals surface area (Å²) in [5, 5.41) is 6.65. The first kappa shape index (κ1) is 16.2. The van der Waals surface area contributed by atoms with Gasteiger partial charge in [-0.1, -0.05) is 35.3 Å². The Kier molecular flexibility index (Phi) is 5.16. The minimum Gasteiger partial charge on any atom is -0.322 e. The van der Waals surface area contributed by atoms with Gasteiger partial charge in [0, 0.05) is 17.8 Å². The van der Waals surface area contributed by atoms with Gasteiger partial charge in [-0.25, -0.2) is 4.98 Å². The molecule has 1 aliphatic rings. The van der Waals surface area contributed by atoms with Gasteiger partial charge in [-0.15, -0.1) is 0 Å². The number of nitrogens with one attached hydrogen (secondary N) is 2. The molecule has 0 aliphatic carbocycles. The zero-order valence-corrected chi connectivity index (χ0v) is 14.0. The highest BCUT2D eigenvalue weighted by molar-refractivity contribution is 6.33. The standard InChI is InChI=1S/C17H17Cl2N3O/c18-15-8-13(9-16(19)22-15)17(23)21-14-5-3-11(4-6-14)12-2-1-7-20-10-12/h3-6,8-9,12,20H,1-2,7,10H2,(H,21,23). The zero-order chi connectivity index (χ0) is 16.2. The Morgan fingerprint density at radius 3 is 2.48 bits per heavy atom. The zero-order valence-electron chi connectivity index (χ0n) is 12.5. The van der Waals surface area contributed by atoms with Crippen LogP contribution >= 0.6 is 23.2 Å². The average Bonchev–Trinajstić information content (AvgIpc) is 2.55. The molecular weight excluding hydrogens is 333 g/mol. The Balaban J connectivity index is 1.68. The van der Waals surface area contributed by atoms with E-state index >= 15 is 0 Å². The van der Waals surface area contributed by atoms with E-state index in [4.69, 9.17) is 23.2 Å². The van der Waals surface area contributed by atoms with Gasteiger partial charge in [0.2, 0.25) is 0 Å². The first-order valence-corrected chi connectivity index (χ1v) is 8.32. The van der Waals surface area contributed by atoms with Crippen molar-refractivity contribution in [2.75, 3.05) is 18.4 Å². The highest BCUT2D eigenvalue weighted by Gasteiger charge is 2.15. The Hall–Kier alpha value is -1.62. The van der Waals surface area contributed by atoms with E-state index in [-0.39, 0.29) is 16.2 Å². The molecule has 0 saturated carbocycles. The van der Waals surface area contributed by atoms with Crippen molar-refractivity contribution < 1.29 is 4.79 Å². The quantitative estimate of drug-likeness (QED) is 0.820. The van der Waals surface area contributed by atoms with Gasteiger partial charge in [0.25, 0.3) is 5.91 Å². The second-order valence-corrected chi connectivity index (χ2v) is 6.40. The number of anilines is 1. The van der Waals surface area contributed by atoms with Crippen molar-refractivity contribution in [3.05, 3.63) is 57.8 Å². The number of carbonyl (C=O) groups excluding carboxylic acids is 1. The molecule has 0 radical (unpaired) electrons. The van der Waals surface area contributed by atoms with Crippen LogP contribution in [-0.2, 0) is 0 Å². The summed E-state index contributed by atoms with van der Waals surface area (Å²) in [7, 11) is 0. The fourth-order valence-corrected chi connectivity index (χ4v) is 3.23. The molecule has 23 heavy (non-hydrogen) atoms. The number of pyridine rings is 1. The van der Waals surface area contributed by atoms with Crippen LogP contribution in [0.15, 0.2) is 36.4 Å². The largest absolute Gasteiger partial charge is 0.322 e. The molecule has 120 valence electrons. The lowest BCUT2D eigenvalue weighted by molar-refractivity contribution is 0.102. The second kappa shape index (κ2) is 7.30. The Morgan fingerprint density at radius 1 is 1.17 bits per heavy atom. The maximum absolute atomic E-state index is 12.2. The number of aromatic nitrogens is 1. The minimum absolute atomic E-state index is 0.197. The molecule has 1 atom stereocenters. The second-order valence-electron chi connectivity index (χ2n) is 5.62. The molecule has 1 aliphatic heterocycles. The monoisotopic (exact) mass is 349 g/mol. The molecular formula is C17H17Cl2N3O. The van der Waals surface area contributed by atoms with Gasteiger partial charge in [-0.05, 0) is 55.1 Å². The number of benzene rings is 1. The van der Waals surface area contributed by atoms with Crippen LogP contribution in [0.4, 0.5) is 5.69 Å². The number of rotatable bonds is 3. The van der Waals surface area contributed by atoms with Crippen LogP contribution < -0.4 is 10.6 Å². The maximum Gasteiger partial charge on any atom is 0.255 e. The van der Waals surface area contributed by atoms with E-state index in [0.717, 1.165) is 18.8 Å². The van der Waals surface area contributed by atoms with Crippen LogP contribution in [0.25, 0.3) is 0 Å². The minimum atomic E-state index is -0.261. The summed E-state index contributed by atoms with van der Waals surface area (Å²) < 4.78 is 0. The van der Waals surface area contributed by atoms with Crippen molar-refractivity contribution in [1.29, 1.82) is 0 Å². The predicted octanol–water partition coefficient (Wildman–Crippen LogP) is 4.11. The van der Waals surface area contributed by atoms with E-state index in [2.05, 4.69) is 27.8 Å². The molecule has 4 nitrogen and oxygen atoms in total. The van der Waals surface area contributed by atoms with Gasteiger partial charge < -0.3 is 10.6 Å². The number of halogens is 2. The lowest BCUT2D eigenvalue weighted by Crippen LogP contribution is -2.28. The molecule has 3 rings (SSSR count). The van der Waals surface area contributed by atoms with E-state index in [9.17, 15) is 4.79 Å². The van der Waals surface area contributed by atoms with Crippen LogP contribution in [0.2, 0.25) is 10.3 Å². The normalized spacial score (nSPS) is 17.7. The van der Waals surface area contributed by atoms with Gasteiger partial charge in [0.1, 0.15) is 10.3 Å². The Labute approximate surface area is 145 Å². The van der Waals surface area contributed by atoms with Gasteiger partial charge >= 0.3 is 0 Å².